The highest BCUT2D eigenvalue weighted by atomic mass is 35.5. The van der Waals surface area contributed by atoms with Crippen LogP contribution in [0.3, 0.4) is 0 Å². The van der Waals surface area contributed by atoms with Crippen molar-refractivity contribution in [2.45, 2.75) is 17.7 Å². The Morgan fingerprint density at radius 1 is 1.20 bits per heavy atom. The van der Waals surface area contributed by atoms with Crippen molar-refractivity contribution in [1.29, 1.82) is 0 Å². The zero-order chi connectivity index (χ0) is 21.7. The molecule has 2 aromatic carbocycles. The van der Waals surface area contributed by atoms with Gasteiger partial charge in [-0.05, 0) is 37.1 Å². The molecule has 3 rings (SSSR count). The van der Waals surface area contributed by atoms with E-state index in [1.165, 1.54) is 53.0 Å². The molecule has 0 saturated carbocycles. The van der Waals surface area contributed by atoms with Gasteiger partial charge >= 0.3 is 5.97 Å². The molecule has 1 aliphatic heterocycles. The van der Waals surface area contributed by atoms with E-state index in [1.54, 1.807) is 6.07 Å². The average molecular weight is 452 g/mol. The number of nitro groups is 1. The lowest BCUT2D eigenvalue weighted by molar-refractivity contribution is -0.384. The third-order valence-electron chi connectivity index (χ3n) is 4.66. The summed E-state index contributed by atoms with van der Waals surface area (Å²) in [5, 5.41) is 14.8. The number of halogens is 1. The van der Waals surface area contributed by atoms with Crippen molar-refractivity contribution in [2.75, 3.05) is 13.1 Å². The fourth-order valence-electron chi connectivity index (χ4n) is 3.02. The monoisotopic (exact) mass is 451 g/mol. The Morgan fingerprint density at radius 2 is 1.87 bits per heavy atom. The zero-order valence-corrected chi connectivity index (χ0v) is 17.3. The molecule has 0 aliphatic carbocycles. The fourth-order valence-corrected chi connectivity index (χ4v) is 4.62. The van der Waals surface area contributed by atoms with Gasteiger partial charge in [-0.25, -0.2) is 13.2 Å². The number of non-ortho nitro benzene ring substituents is 1. The fraction of sp³-hybridized carbons (Fsp3) is 0.263. The van der Waals surface area contributed by atoms with Gasteiger partial charge in [-0.15, -0.1) is 0 Å². The van der Waals surface area contributed by atoms with Crippen molar-refractivity contribution in [3.8, 4) is 0 Å². The molecule has 1 fully saturated rings. The maximum absolute atomic E-state index is 12.7. The molecule has 0 spiro atoms. The highest BCUT2D eigenvalue weighted by molar-refractivity contribution is 7.89. The lowest BCUT2D eigenvalue weighted by Gasteiger charge is -2.29. The second-order valence-electron chi connectivity index (χ2n) is 6.63. The second-order valence-corrected chi connectivity index (χ2v) is 9.00. The Bertz CT molecular complexity index is 1060. The number of sulfonamides is 1. The van der Waals surface area contributed by atoms with Crippen LogP contribution >= 0.6 is 11.6 Å². The molecule has 0 amide bonds. The van der Waals surface area contributed by atoms with Gasteiger partial charge in [0.25, 0.3) is 5.69 Å². The van der Waals surface area contributed by atoms with E-state index >= 15 is 0 Å². The van der Waals surface area contributed by atoms with Gasteiger partial charge in [-0.2, -0.15) is 4.31 Å². The summed E-state index contributed by atoms with van der Waals surface area (Å²) in [4.78, 5) is 27.5. The lowest BCUT2D eigenvalue weighted by Crippen LogP contribution is -2.40. The molecule has 0 atom stereocenters. The van der Waals surface area contributed by atoms with Crippen molar-refractivity contribution < 1.29 is 23.0 Å². The summed E-state index contributed by atoms with van der Waals surface area (Å²) in [5.74, 6) is -1.05. The van der Waals surface area contributed by atoms with Crippen LogP contribution in [0.25, 0.3) is 0 Å². The van der Waals surface area contributed by atoms with Gasteiger partial charge in [0.1, 0.15) is 0 Å². The summed E-state index contributed by atoms with van der Waals surface area (Å²) in [6, 6.07) is 11.6. The molecule has 11 heteroatoms. The van der Waals surface area contributed by atoms with Gasteiger partial charge < -0.3 is 4.84 Å². The third-order valence-corrected chi connectivity index (χ3v) is 6.83. The van der Waals surface area contributed by atoms with Crippen molar-refractivity contribution in [1.82, 2.24) is 4.31 Å². The molecule has 2 aromatic rings. The zero-order valence-electron chi connectivity index (χ0n) is 15.7. The lowest BCUT2D eigenvalue weighted by atomic mass is 9.99. The molecule has 1 heterocycles. The topological polar surface area (TPSA) is 119 Å². The number of rotatable bonds is 6. The van der Waals surface area contributed by atoms with Crippen LogP contribution in [0.2, 0.25) is 5.02 Å². The van der Waals surface area contributed by atoms with Gasteiger partial charge in [-0.3, -0.25) is 10.1 Å². The van der Waals surface area contributed by atoms with E-state index in [0.717, 1.165) is 0 Å². The van der Waals surface area contributed by atoms with E-state index in [4.69, 9.17) is 16.4 Å². The van der Waals surface area contributed by atoms with Crippen molar-refractivity contribution in [3.63, 3.8) is 0 Å². The first-order chi connectivity index (χ1) is 14.3. The van der Waals surface area contributed by atoms with Crippen LogP contribution in [0.5, 0.6) is 0 Å². The predicted octanol–water partition coefficient (Wildman–Crippen LogP) is 3.23. The van der Waals surface area contributed by atoms with Crippen LogP contribution in [0.1, 0.15) is 18.4 Å². The number of carbonyl (C=O) groups excluding carboxylic acids is 1. The Kier molecular flexibility index (Phi) is 6.80. The van der Waals surface area contributed by atoms with E-state index < -0.39 is 26.8 Å². The molecule has 0 radical (unpaired) electrons. The number of piperidine rings is 1. The van der Waals surface area contributed by atoms with Crippen molar-refractivity contribution in [2.24, 2.45) is 11.1 Å². The normalized spacial score (nSPS) is 15.9. The Labute approximate surface area is 178 Å². The van der Waals surface area contributed by atoms with Crippen LogP contribution in [0.4, 0.5) is 5.69 Å². The number of nitrogens with zero attached hydrogens (tertiary/aromatic N) is 3. The predicted molar refractivity (Wildman–Crippen MR) is 110 cm³/mol. The molecular formula is C19H18ClN3O6S. The third kappa shape index (κ3) is 5.21. The van der Waals surface area contributed by atoms with Gasteiger partial charge in [0, 0.05) is 35.8 Å². The number of hydrogen-bond donors (Lipinski definition) is 0. The highest BCUT2D eigenvalue weighted by Gasteiger charge is 2.33. The molecule has 1 aliphatic rings. The van der Waals surface area contributed by atoms with Crippen molar-refractivity contribution >= 4 is 39.5 Å². The van der Waals surface area contributed by atoms with Crippen LogP contribution in [0.15, 0.2) is 58.6 Å². The highest BCUT2D eigenvalue weighted by Crippen LogP contribution is 2.25. The minimum atomic E-state index is -3.65. The molecule has 0 aromatic heterocycles. The molecule has 30 heavy (non-hydrogen) atoms. The van der Waals surface area contributed by atoms with Gasteiger partial charge in [-0.1, -0.05) is 28.9 Å². The van der Waals surface area contributed by atoms with Crippen LogP contribution in [-0.2, 0) is 19.7 Å². The van der Waals surface area contributed by atoms with Crippen LogP contribution in [0, 0.1) is 16.0 Å². The molecule has 0 N–H and O–H groups in total. The maximum Gasteiger partial charge on any atom is 0.338 e. The SMILES string of the molecule is O=C(O/N=C/c1cccc([N+](=O)[O-])c1)C1CCN(S(=O)(=O)c2ccc(Cl)cc2)CC1. The van der Waals surface area contributed by atoms with Crippen molar-refractivity contribution in [3.05, 3.63) is 69.2 Å². The van der Waals surface area contributed by atoms with Gasteiger partial charge in [0.05, 0.1) is 22.0 Å². The number of nitro benzene ring substituents is 1. The molecular weight excluding hydrogens is 434 g/mol. The first-order valence-corrected chi connectivity index (χ1v) is 10.8. The van der Waals surface area contributed by atoms with E-state index in [2.05, 4.69) is 5.16 Å². The number of hydrogen-bond acceptors (Lipinski definition) is 7. The minimum Gasteiger partial charge on any atom is -0.318 e. The largest absolute Gasteiger partial charge is 0.338 e. The molecule has 1 saturated heterocycles. The van der Waals surface area contributed by atoms with E-state index in [1.807, 2.05) is 0 Å². The Morgan fingerprint density at radius 3 is 2.50 bits per heavy atom. The summed E-state index contributed by atoms with van der Waals surface area (Å²) in [7, 11) is -3.65. The van der Waals surface area contributed by atoms with E-state index in [-0.39, 0.29) is 23.7 Å². The second kappa shape index (κ2) is 9.33. The molecule has 0 unspecified atom stereocenters. The minimum absolute atomic E-state index is 0.0976. The first-order valence-electron chi connectivity index (χ1n) is 9.02. The summed E-state index contributed by atoms with van der Waals surface area (Å²) in [5.41, 5.74) is 0.320. The van der Waals surface area contributed by atoms with Crippen LogP contribution < -0.4 is 0 Å². The summed E-state index contributed by atoms with van der Waals surface area (Å²) in [6.45, 7) is 0.360. The maximum atomic E-state index is 12.7. The first kappa shape index (κ1) is 21.9. The summed E-state index contributed by atoms with van der Waals surface area (Å²) in [6.07, 6.45) is 1.82. The van der Waals surface area contributed by atoms with E-state index in [9.17, 15) is 23.3 Å². The number of oxime groups is 1. The number of benzene rings is 2. The number of carbonyl (C=O) groups is 1. The summed E-state index contributed by atoms with van der Waals surface area (Å²) < 4.78 is 26.7. The standard InChI is InChI=1S/C19H18ClN3O6S/c20-16-4-6-18(7-5-16)30(27,28)22-10-8-15(9-11-22)19(24)29-21-13-14-2-1-3-17(12-14)23(25)26/h1-7,12-13,15H,8-11H2/b21-13+. The van der Waals surface area contributed by atoms with E-state index in [0.29, 0.717) is 23.4 Å². The average Bonchev–Trinajstić information content (AvgIpc) is 2.74. The Balaban J connectivity index is 1.54. The molecule has 9 nitrogen and oxygen atoms in total. The molecule has 158 valence electrons. The quantitative estimate of drug-likeness (QED) is 0.288. The summed E-state index contributed by atoms with van der Waals surface area (Å²) >= 11 is 5.80. The van der Waals surface area contributed by atoms with Gasteiger partial charge in [0.15, 0.2) is 0 Å². The molecule has 0 bridgehead atoms. The van der Waals surface area contributed by atoms with Gasteiger partial charge in [0.2, 0.25) is 10.0 Å². The Hall–Kier alpha value is -2.82. The van der Waals surface area contributed by atoms with Crippen LogP contribution in [-0.4, -0.2) is 42.9 Å². The smallest absolute Gasteiger partial charge is 0.318 e.